The molecule has 4 nitrogen and oxygen atoms in total. The van der Waals surface area contributed by atoms with Gasteiger partial charge >= 0.3 is 0 Å². The van der Waals surface area contributed by atoms with Gasteiger partial charge in [0, 0.05) is 18.0 Å². The summed E-state index contributed by atoms with van der Waals surface area (Å²) in [6.07, 6.45) is 1.99. The Morgan fingerprint density at radius 1 is 1.53 bits per heavy atom. The van der Waals surface area contributed by atoms with Crippen molar-refractivity contribution in [2.75, 3.05) is 0 Å². The largest absolute Gasteiger partial charge is 0.347 e. The highest BCUT2D eigenvalue weighted by atomic mass is 32.1. The van der Waals surface area contributed by atoms with Crippen LogP contribution in [-0.2, 0) is 0 Å². The Morgan fingerprint density at radius 3 is 2.65 bits per heavy atom. The average Bonchev–Trinajstić information content (AvgIpc) is 2.66. The topological polar surface area (TPSA) is 68.0 Å². The number of aryl methyl sites for hydroxylation is 1. The highest BCUT2D eigenvalue weighted by Gasteiger charge is 2.30. The molecule has 17 heavy (non-hydrogen) atoms. The normalized spacial score (nSPS) is 23.6. The molecule has 0 unspecified atom stereocenters. The monoisotopic (exact) mass is 253 g/mol. The van der Waals surface area contributed by atoms with E-state index in [0.717, 1.165) is 28.4 Å². The first kappa shape index (κ1) is 12.5. The Hall–Kier alpha value is -0.940. The lowest BCUT2D eigenvalue weighted by Crippen LogP contribution is -2.54. The molecule has 0 aromatic carbocycles. The molecule has 1 aromatic rings. The number of rotatable bonds is 3. The van der Waals surface area contributed by atoms with Crippen molar-refractivity contribution in [3.05, 3.63) is 15.6 Å². The fourth-order valence-electron chi connectivity index (χ4n) is 1.81. The van der Waals surface area contributed by atoms with E-state index in [9.17, 15) is 4.79 Å². The predicted octanol–water partition coefficient (Wildman–Crippen LogP) is 1.79. The number of nitrogens with one attached hydrogen (secondary N) is 1. The van der Waals surface area contributed by atoms with Gasteiger partial charge < -0.3 is 11.1 Å². The van der Waals surface area contributed by atoms with Gasteiger partial charge in [-0.1, -0.05) is 13.8 Å². The zero-order valence-corrected chi connectivity index (χ0v) is 11.3. The van der Waals surface area contributed by atoms with Crippen molar-refractivity contribution in [1.29, 1.82) is 0 Å². The van der Waals surface area contributed by atoms with Crippen LogP contribution >= 0.6 is 11.3 Å². The molecule has 0 bridgehead atoms. The first-order valence-corrected chi connectivity index (χ1v) is 6.84. The quantitative estimate of drug-likeness (QED) is 0.863. The predicted molar refractivity (Wildman–Crippen MR) is 69.4 cm³/mol. The second-order valence-electron chi connectivity index (χ2n) is 4.94. The van der Waals surface area contributed by atoms with Crippen LogP contribution in [0.4, 0.5) is 0 Å². The minimum absolute atomic E-state index is 0.0212. The third-order valence-electron chi connectivity index (χ3n) is 3.16. The minimum Gasteiger partial charge on any atom is -0.347 e. The summed E-state index contributed by atoms with van der Waals surface area (Å²) in [6.45, 7) is 6.06. The Bertz CT molecular complexity index is 427. The zero-order valence-electron chi connectivity index (χ0n) is 10.5. The Balaban J connectivity index is 2.08. The standard InChI is InChI=1S/C12H19N3OS/c1-6(2)12-14-7(3)10(17-12)11(16)15-9-5-4-8(9)13/h6,8-9H,4-5,13H2,1-3H3,(H,15,16)/t8-,9+/m0/s1. The SMILES string of the molecule is Cc1nc(C(C)C)sc1C(=O)N[C@@H]1CC[C@@H]1N. The number of thiazole rings is 1. The molecule has 1 aliphatic rings. The van der Waals surface area contributed by atoms with E-state index in [1.807, 2.05) is 6.92 Å². The summed E-state index contributed by atoms with van der Waals surface area (Å²) in [5.41, 5.74) is 6.64. The van der Waals surface area contributed by atoms with Crippen LogP contribution in [-0.4, -0.2) is 23.0 Å². The highest BCUT2D eigenvalue weighted by molar-refractivity contribution is 7.13. The third kappa shape index (κ3) is 2.50. The van der Waals surface area contributed by atoms with Gasteiger partial charge in [0.2, 0.25) is 0 Å². The van der Waals surface area contributed by atoms with E-state index >= 15 is 0 Å². The molecule has 5 heteroatoms. The number of nitrogens with two attached hydrogens (primary N) is 1. The Kier molecular flexibility index (Phi) is 3.49. The summed E-state index contributed by atoms with van der Waals surface area (Å²) < 4.78 is 0. The average molecular weight is 253 g/mol. The molecule has 1 amide bonds. The summed E-state index contributed by atoms with van der Waals surface area (Å²) in [5, 5.41) is 4.00. The summed E-state index contributed by atoms with van der Waals surface area (Å²) in [7, 11) is 0. The first-order valence-electron chi connectivity index (χ1n) is 6.02. The number of carbonyl (C=O) groups is 1. The van der Waals surface area contributed by atoms with E-state index in [1.54, 1.807) is 0 Å². The molecular weight excluding hydrogens is 234 g/mol. The second-order valence-corrected chi connectivity index (χ2v) is 5.97. The second kappa shape index (κ2) is 4.74. The number of hydrogen-bond acceptors (Lipinski definition) is 4. The van der Waals surface area contributed by atoms with Gasteiger partial charge in [0.15, 0.2) is 0 Å². The van der Waals surface area contributed by atoms with Crippen LogP contribution in [0, 0.1) is 6.92 Å². The maximum Gasteiger partial charge on any atom is 0.263 e. The minimum atomic E-state index is -0.0212. The van der Waals surface area contributed by atoms with Gasteiger partial charge in [0.1, 0.15) is 4.88 Å². The molecule has 3 N–H and O–H groups in total. The molecule has 94 valence electrons. The molecule has 1 aromatic heterocycles. The third-order valence-corrected chi connectivity index (χ3v) is 4.61. The van der Waals surface area contributed by atoms with Gasteiger partial charge in [-0.25, -0.2) is 4.98 Å². The fraction of sp³-hybridized carbons (Fsp3) is 0.667. The van der Waals surface area contributed by atoms with Crippen molar-refractivity contribution >= 4 is 17.2 Å². The van der Waals surface area contributed by atoms with Crippen molar-refractivity contribution < 1.29 is 4.79 Å². The van der Waals surface area contributed by atoms with Gasteiger partial charge in [-0.05, 0) is 19.8 Å². The van der Waals surface area contributed by atoms with Crippen LogP contribution in [0.2, 0.25) is 0 Å². The zero-order chi connectivity index (χ0) is 12.6. The van der Waals surface area contributed by atoms with Gasteiger partial charge in [-0.3, -0.25) is 4.79 Å². The van der Waals surface area contributed by atoms with Crippen LogP contribution in [0.5, 0.6) is 0 Å². The molecule has 1 saturated carbocycles. The fourth-order valence-corrected chi connectivity index (χ4v) is 2.79. The van der Waals surface area contributed by atoms with Crippen LogP contribution in [0.3, 0.4) is 0 Å². The molecule has 1 fully saturated rings. The smallest absolute Gasteiger partial charge is 0.263 e. The Labute approximate surface area is 106 Å². The lowest BCUT2D eigenvalue weighted by molar-refractivity contribution is 0.0909. The van der Waals surface area contributed by atoms with Crippen LogP contribution in [0.15, 0.2) is 0 Å². The molecule has 0 spiro atoms. The van der Waals surface area contributed by atoms with E-state index in [4.69, 9.17) is 5.73 Å². The van der Waals surface area contributed by atoms with Crippen LogP contribution < -0.4 is 11.1 Å². The molecule has 2 atom stereocenters. The van der Waals surface area contributed by atoms with Gasteiger partial charge in [-0.2, -0.15) is 0 Å². The van der Waals surface area contributed by atoms with E-state index in [-0.39, 0.29) is 18.0 Å². The summed E-state index contributed by atoms with van der Waals surface area (Å²) in [5.74, 6) is 0.346. The summed E-state index contributed by atoms with van der Waals surface area (Å²) in [4.78, 5) is 17.2. The maximum absolute atomic E-state index is 12.1. The molecule has 0 saturated heterocycles. The molecule has 1 heterocycles. The van der Waals surface area contributed by atoms with Gasteiger partial charge in [0.25, 0.3) is 5.91 Å². The molecule has 2 rings (SSSR count). The summed E-state index contributed by atoms with van der Waals surface area (Å²) >= 11 is 1.49. The number of carbonyl (C=O) groups excluding carboxylic acids is 1. The number of hydrogen-bond donors (Lipinski definition) is 2. The van der Waals surface area contributed by atoms with Crippen LogP contribution in [0.25, 0.3) is 0 Å². The highest BCUT2D eigenvalue weighted by Crippen LogP contribution is 2.25. The maximum atomic E-state index is 12.1. The van der Waals surface area contributed by atoms with Crippen molar-refractivity contribution in [3.63, 3.8) is 0 Å². The Morgan fingerprint density at radius 2 is 2.24 bits per heavy atom. The van der Waals surface area contributed by atoms with E-state index in [0.29, 0.717) is 5.92 Å². The van der Waals surface area contributed by atoms with Crippen molar-refractivity contribution in [1.82, 2.24) is 10.3 Å². The van der Waals surface area contributed by atoms with E-state index in [1.165, 1.54) is 11.3 Å². The van der Waals surface area contributed by atoms with Crippen molar-refractivity contribution in [2.24, 2.45) is 5.73 Å². The molecule has 0 radical (unpaired) electrons. The number of amides is 1. The summed E-state index contributed by atoms with van der Waals surface area (Å²) in [6, 6.07) is 0.267. The van der Waals surface area contributed by atoms with Gasteiger partial charge in [0.05, 0.1) is 10.7 Å². The molecular formula is C12H19N3OS. The van der Waals surface area contributed by atoms with Crippen LogP contribution in [0.1, 0.15) is 53.0 Å². The lowest BCUT2D eigenvalue weighted by Gasteiger charge is -2.33. The molecule has 0 aliphatic heterocycles. The van der Waals surface area contributed by atoms with Gasteiger partial charge in [-0.15, -0.1) is 11.3 Å². The number of aromatic nitrogens is 1. The first-order chi connectivity index (χ1) is 7.99. The van der Waals surface area contributed by atoms with Crippen molar-refractivity contribution in [3.8, 4) is 0 Å². The van der Waals surface area contributed by atoms with E-state index < -0.39 is 0 Å². The van der Waals surface area contributed by atoms with Crippen molar-refractivity contribution in [2.45, 2.75) is 51.6 Å². The lowest BCUT2D eigenvalue weighted by atomic mass is 9.87. The molecule has 1 aliphatic carbocycles. The number of nitrogens with zero attached hydrogens (tertiary/aromatic N) is 1. The van der Waals surface area contributed by atoms with E-state index in [2.05, 4.69) is 24.1 Å².